The van der Waals surface area contributed by atoms with Crippen molar-refractivity contribution in [3.05, 3.63) is 35.9 Å². The first-order valence-corrected chi connectivity index (χ1v) is 6.02. The van der Waals surface area contributed by atoms with Crippen molar-refractivity contribution in [2.75, 3.05) is 13.2 Å². The predicted octanol–water partition coefficient (Wildman–Crippen LogP) is 2.69. The molecule has 16 heavy (non-hydrogen) atoms. The van der Waals surface area contributed by atoms with Gasteiger partial charge < -0.3 is 10.1 Å². The molecule has 0 spiro atoms. The first-order valence-electron chi connectivity index (χ1n) is 6.02. The van der Waals surface area contributed by atoms with Crippen LogP contribution in [0.5, 0.6) is 0 Å². The van der Waals surface area contributed by atoms with Crippen LogP contribution in [0.2, 0.25) is 0 Å². The van der Waals surface area contributed by atoms with Crippen molar-refractivity contribution < 1.29 is 4.74 Å². The Labute approximate surface area is 98.0 Å². The number of benzene rings is 1. The Bertz CT molecular complexity index is 339. The number of ether oxygens (including phenoxy) is 1. The molecule has 2 unspecified atom stereocenters. The maximum absolute atomic E-state index is 6.10. The van der Waals surface area contributed by atoms with Crippen molar-refractivity contribution in [1.29, 1.82) is 0 Å². The third-order valence-corrected chi connectivity index (χ3v) is 3.73. The van der Waals surface area contributed by atoms with E-state index in [1.54, 1.807) is 0 Å². The lowest BCUT2D eigenvalue weighted by Crippen LogP contribution is -2.58. The van der Waals surface area contributed by atoms with Gasteiger partial charge in [-0.15, -0.1) is 0 Å². The number of rotatable bonds is 2. The van der Waals surface area contributed by atoms with E-state index in [1.165, 1.54) is 5.56 Å². The average Bonchev–Trinajstić information content (AvgIpc) is 2.35. The molecule has 1 aromatic carbocycles. The fraction of sp³-hybridized carbons (Fsp3) is 0.571. The Balaban J connectivity index is 2.13. The normalized spacial score (nSPS) is 34.9. The Morgan fingerprint density at radius 2 is 1.94 bits per heavy atom. The summed E-state index contributed by atoms with van der Waals surface area (Å²) in [5.74, 6) is 0. The van der Waals surface area contributed by atoms with Gasteiger partial charge >= 0.3 is 0 Å². The van der Waals surface area contributed by atoms with Gasteiger partial charge in [0.15, 0.2) is 0 Å². The summed E-state index contributed by atoms with van der Waals surface area (Å²) in [6.45, 7) is 8.22. The highest BCUT2D eigenvalue weighted by Gasteiger charge is 2.37. The van der Waals surface area contributed by atoms with Gasteiger partial charge in [0.25, 0.3) is 0 Å². The van der Waals surface area contributed by atoms with Crippen molar-refractivity contribution in [3.8, 4) is 0 Å². The van der Waals surface area contributed by atoms with Gasteiger partial charge in [-0.2, -0.15) is 0 Å². The van der Waals surface area contributed by atoms with Crippen LogP contribution in [-0.4, -0.2) is 18.7 Å². The lowest BCUT2D eigenvalue weighted by atomic mass is 9.89. The van der Waals surface area contributed by atoms with Crippen LogP contribution in [-0.2, 0) is 10.3 Å². The molecule has 1 aliphatic rings. The van der Waals surface area contributed by atoms with Crippen LogP contribution >= 0.6 is 0 Å². The summed E-state index contributed by atoms with van der Waals surface area (Å²) >= 11 is 0. The van der Waals surface area contributed by atoms with E-state index in [0.717, 1.165) is 19.6 Å². The molecule has 2 atom stereocenters. The Morgan fingerprint density at radius 1 is 1.25 bits per heavy atom. The molecule has 1 heterocycles. The molecule has 88 valence electrons. The predicted molar refractivity (Wildman–Crippen MR) is 66.4 cm³/mol. The Morgan fingerprint density at radius 3 is 2.44 bits per heavy atom. The highest BCUT2D eigenvalue weighted by Crippen LogP contribution is 2.30. The molecule has 1 aliphatic heterocycles. The number of morpholine rings is 1. The third kappa shape index (κ3) is 2.13. The van der Waals surface area contributed by atoms with Crippen molar-refractivity contribution in [2.45, 2.75) is 38.3 Å². The maximum atomic E-state index is 6.10. The Hall–Kier alpha value is -0.860. The van der Waals surface area contributed by atoms with Crippen LogP contribution in [0.3, 0.4) is 0 Å². The molecular weight excluding hydrogens is 198 g/mol. The second-order valence-electron chi connectivity index (χ2n) is 5.15. The zero-order valence-electron chi connectivity index (χ0n) is 10.4. The van der Waals surface area contributed by atoms with Crippen LogP contribution < -0.4 is 5.32 Å². The standard InChI is InChI=1S/C14H21NO/c1-4-13(2)11-16-14(3,10-15-13)12-8-6-5-7-9-12/h5-9,15H,4,10-11H2,1-3H3. The highest BCUT2D eigenvalue weighted by molar-refractivity contribution is 5.23. The zero-order chi connectivity index (χ0) is 11.6. The molecule has 2 rings (SSSR count). The van der Waals surface area contributed by atoms with Gasteiger partial charge in [-0.25, -0.2) is 0 Å². The second kappa shape index (κ2) is 4.19. The van der Waals surface area contributed by atoms with E-state index in [0.29, 0.717) is 0 Å². The quantitative estimate of drug-likeness (QED) is 0.825. The van der Waals surface area contributed by atoms with E-state index in [4.69, 9.17) is 4.74 Å². The van der Waals surface area contributed by atoms with Crippen molar-refractivity contribution in [3.63, 3.8) is 0 Å². The summed E-state index contributed by atoms with van der Waals surface area (Å²) < 4.78 is 6.10. The fourth-order valence-corrected chi connectivity index (χ4v) is 2.01. The summed E-state index contributed by atoms with van der Waals surface area (Å²) in [5.41, 5.74) is 1.20. The van der Waals surface area contributed by atoms with Gasteiger partial charge in [0.2, 0.25) is 0 Å². The monoisotopic (exact) mass is 219 g/mol. The molecule has 0 aromatic heterocycles. The molecular formula is C14H21NO. The minimum atomic E-state index is -0.185. The van der Waals surface area contributed by atoms with Gasteiger partial charge in [0, 0.05) is 12.1 Å². The summed E-state index contributed by atoms with van der Waals surface area (Å²) in [6.07, 6.45) is 1.10. The van der Waals surface area contributed by atoms with Crippen LogP contribution in [0.25, 0.3) is 0 Å². The largest absolute Gasteiger partial charge is 0.367 e. The third-order valence-electron chi connectivity index (χ3n) is 3.73. The maximum Gasteiger partial charge on any atom is 0.103 e. The van der Waals surface area contributed by atoms with Crippen LogP contribution in [0.1, 0.15) is 32.8 Å². The molecule has 2 nitrogen and oxygen atoms in total. The minimum Gasteiger partial charge on any atom is -0.367 e. The molecule has 0 amide bonds. The number of hydrogen-bond acceptors (Lipinski definition) is 2. The van der Waals surface area contributed by atoms with Gasteiger partial charge in [-0.1, -0.05) is 37.3 Å². The van der Waals surface area contributed by atoms with Gasteiger partial charge in [0.1, 0.15) is 5.60 Å². The van der Waals surface area contributed by atoms with E-state index in [1.807, 2.05) is 6.07 Å². The molecule has 0 saturated carbocycles. The topological polar surface area (TPSA) is 21.3 Å². The zero-order valence-corrected chi connectivity index (χ0v) is 10.4. The lowest BCUT2D eigenvalue weighted by molar-refractivity contribution is -0.0998. The molecule has 0 radical (unpaired) electrons. The number of nitrogens with one attached hydrogen (secondary N) is 1. The molecule has 0 bridgehead atoms. The summed E-state index contributed by atoms with van der Waals surface area (Å²) in [5, 5.41) is 3.61. The van der Waals surface area contributed by atoms with Crippen molar-refractivity contribution in [2.24, 2.45) is 0 Å². The Kier molecular flexibility index (Phi) is 3.04. The lowest BCUT2D eigenvalue weighted by Gasteiger charge is -2.44. The van der Waals surface area contributed by atoms with E-state index < -0.39 is 0 Å². The summed E-state index contributed by atoms with van der Waals surface area (Å²) in [4.78, 5) is 0. The molecule has 0 aliphatic carbocycles. The molecule has 1 saturated heterocycles. The minimum absolute atomic E-state index is 0.133. The van der Waals surface area contributed by atoms with Gasteiger partial charge in [0.05, 0.1) is 6.61 Å². The molecule has 2 heteroatoms. The van der Waals surface area contributed by atoms with Crippen LogP contribution in [0, 0.1) is 0 Å². The van der Waals surface area contributed by atoms with E-state index in [9.17, 15) is 0 Å². The van der Waals surface area contributed by atoms with E-state index in [2.05, 4.69) is 50.4 Å². The van der Waals surface area contributed by atoms with E-state index in [-0.39, 0.29) is 11.1 Å². The van der Waals surface area contributed by atoms with Crippen LogP contribution in [0.15, 0.2) is 30.3 Å². The van der Waals surface area contributed by atoms with Crippen LogP contribution in [0.4, 0.5) is 0 Å². The highest BCUT2D eigenvalue weighted by atomic mass is 16.5. The molecule has 1 aromatic rings. The fourth-order valence-electron chi connectivity index (χ4n) is 2.01. The number of hydrogen-bond donors (Lipinski definition) is 1. The summed E-state index contributed by atoms with van der Waals surface area (Å²) in [7, 11) is 0. The second-order valence-corrected chi connectivity index (χ2v) is 5.15. The SMILES string of the molecule is CCC1(C)COC(C)(c2ccccc2)CN1. The first kappa shape index (κ1) is 11.6. The van der Waals surface area contributed by atoms with E-state index >= 15 is 0 Å². The smallest absolute Gasteiger partial charge is 0.103 e. The van der Waals surface area contributed by atoms with Crippen molar-refractivity contribution >= 4 is 0 Å². The van der Waals surface area contributed by atoms with Crippen molar-refractivity contribution in [1.82, 2.24) is 5.32 Å². The molecule has 1 N–H and O–H groups in total. The average molecular weight is 219 g/mol. The molecule has 1 fully saturated rings. The first-order chi connectivity index (χ1) is 7.58. The van der Waals surface area contributed by atoms with Gasteiger partial charge in [-0.05, 0) is 25.8 Å². The van der Waals surface area contributed by atoms with Gasteiger partial charge in [-0.3, -0.25) is 0 Å². The summed E-state index contributed by atoms with van der Waals surface area (Å²) in [6, 6.07) is 10.4.